The molecule has 0 aromatic heterocycles. The van der Waals surface area contributed by atoms with E-state index in [9.17, 15) is 4.79 Å². The van der Waals surface area contributed by atoms with Gasteiger partial charge in [-0.2, -0.15) is 0 Å². The van der Waals surface area contributed by atoms with Crippen LogP contribution in [0.4, 0.5) is 0 Å². The van der Waals surface area contributed by atoms with Crippen LogP contribution in [-0.4, -0.2) is 31.6 Å². The first-order valence-corrected chi connectivity index (χ1v) is 11.0. The van der Waals surface area contributed by atoms with E-state index in [1.165, 1.54) is 18.2 Å². The van der Waals surface area contributed by atoms with Gasteiger partial charge in [-0.1, -0.05) is 66.7 Å². The zero-order valence-electron chi connectivity index (χ0n) is 19.5. The number of carbonyl (C=O) groups excluding carboxylic acids is 1. The monoisotopic (exact) mass is 431 g/mol. The normalized spacial score (nSPS) is 11.4. The molecule has 0 aliphatic rings. The van der Waals surface area contributed by atoms with Crippen molar-refractivity contribution in [2.24, 2.45) is 0 Å². The van der Waals surface area contributed by atoms with Crippen LogP contribution in [0.5, 0.6) is 5.75 Å². The van der Waals surface area contributed by atoms with Crippen LogP contribution in [-0.2, 0) is 34.5 Å². The largest absolute Gasteiger partial charge is 0.497 e. The minimum absolute atomic E-state index is 0.241. The average Bonchev–Trinajstić information content (AvgIpc) is 2.83. The molecule has 0 spiro atoms. The summed E-state index contributed by atoms with van der Waals surface area (Å²) in [7, 11) is 3.11. The predicted molar refractivity (Wildman–Crippen MR) is 129 cm³/mol. The van der Waals surface area contributed by atoms with Gasteiger partial charge in [-0.25, -0.2) is 0 Å². The van der Waals surface area contributed by atoms with Crippen LogP contribution in [0.15, 0.2) is 78.9 Å². The van der Waals surface area contributed by atoms with Crippen molar-refractivity contribution in [2.75, 3.05) is 20.8 Å². The number of rotatable bonds is 10. The van der Waals surface area contributed by atoms with E-state index < -0.39 is 5.41 Å². The van der Waals surface area contributed by atoms with Crippen LogP contribution in [0.25, 0.3) is 0 Å². The van der Waals surface area contributed by atoms with E-state index in [4.69, 9.17) is 9.47 Å². The minimum atomic E-state index is -0.736. The van der Waals surface area contributed by atoms with Crippen molar-refractivity contribution in [3.8, 4) is 5.75 Å². The number of ether oxygens (including phenoxy) is 2. The fourth-order valence-electron chi connectivity index (χ4n) is 4.05. The van der Waals surface area contributed by atoms with Crippen molar-refractivity contribution in [2.45, 2.75) is 38.8 Å². The third-order valence-electron chi connectivity index (χ3n) is 5.88. The maximum absolute atomic E-state index is 12.5. The van der Waals surface area contributed by atoms with E-state index in [1.807, 2.05) is 44.2 Å². The molecule has 0 aliphatic carbocycles. The zero-order valence-corrected chi connectivity index (χ0v) is 19.5. The molecule has 0 saturated carbocycles. The van der Waals surface area contributed by atoms with Gasteiger partial charge in [0.25, 0.3) is 0 Å². The van der Waals surface area contributed by atoms with Gasteiger partial charge in [-0.05, 0) is 54.7 Å². The van der Waals surface area contributed by atoms with Crippen molar-refractivity contribution < 1.29 is 14.3 Å². The van der Waals surface area contributed by atoms with Gasteiger partial charge in [0.05, 0.1) is 19.6 Å². The van der Waals surface area contributed by atoms with Crippen LogP contribution in [0.3, 0.4) is 0 Å². The third-order valence-corrected chi connectivity index (χ3v) is 5.88. The van der Waals surface area contributed by atoms with Crippen molar-refractivity contribution in [1.82, 2.24) is 4.90 Å². The molecule has 32 heavy (non-hydrogen) atoms. The SMILES string of the molecule is COC(=O)C(C)(C)c1ccc(OC)cc1CCN(Cc1ccccc1)Cc1ccccc1. The second kappa shape index (κ2) is 11.0. The number of carbonyl (C=O) groups is 1. The second-order valence-corrected chi connectivity index (χ2v) is 8.57. The molecule has 0 radical (unpaired) electrons. The van der Waals surface area contributed by atoms with Gasteiger partial charge in [-0.15, -0.1) is 0 Å². The Morgan fingerprint density at radius 1 is 0.844 bits per heavy atom. The summed E-state index contributed by atoms with van der Waals surface area (Å²) in [6.45, 7) is 6.39. The van der Waals surface area contributed by atoms with Crippen LogP contribution < -0.4 is 4.74 Å². The second-order valence-electron chi connectivity index (χ2n) is 8.57. The molecule has 0 aliphatic heterocycles. The summed E-state index contributed by atoms with van der Waals surface area (Å²) in [4.78, 5) is 14.9. The Morgan fingerprint density at radius 2 is 1.41 bits per heavy atom. The number of nitrogens with zero attached hydrogens (tertiary/aromatic N) is 1. The van der Waals surface area contributed by atoms with Gasteiger partial charge >= 0.3 is 5.97 Å². The molecule has 3 rings (SSSR count). The van der Waals surface area contributed by atoms with Crippen molar-refractivity contribution >= 4 is 5.97 Å². The molecular formula is C28H33NO3. The van der Waals surface area contributed by atoms with E-state index in [0.29, 0.717) is 0 Å². The summed E-state index contributed by atoms with van der Waals surface area (Å²) in [5, 5.41) is 0. The summed E-state index contributed by atoms with van der Waals surface area (Å²) in [6.07, 6.45) is 0.798. The molecule has 0 saturated heterocycles. The van der Waals surface area contributed by atoms with Crippen molar-refractivity contribution in [1.29, 1.82) is 0 Å². The van der Waals surface area contributed by atoms with Gasteiger partial charge in [0.2, 0.25) is 0 Å². The molecule has 0 heterocycles. The van der Waals surface area contributed by atoms with Gasteiger partial charge in [0.15, 0.2) is 0 Å². The molecule has 0 N–H and O–H groups in total. The van der Waals surface area contributed by atoms with Gasteiger partial charge in [0, 0.05) is 19.6 Å². The van der Waals surface area contributed by atoms with Crippen LogP contribution in [0.2, 0.25) is 0 Å². The summed E-state index contributed by atoms with van der Waals surface area (Å²) >= 11 is 0. The Bertz CT molecular complexity index is 958. The molecule has 4 nitrogen and oxygen atoms in total. The molecule has 3 aromatic carbocycles. The summed E-state index contributed by atoms with van der Waals surface area (Å²) in [5.41, 5.74) is 3.91. The highest BCUT2D eigenvalue weighted by molar-refractivity contribution is 5.82. The minimum Gasteiger partial charge on any atom is -0.497 e. The smallest absolute Gasteiger partial charge is 0.315 e. The lowest BCUT2D eigenvalue weighted by molar-refractivity contribution is -0.146. The number of hydrogen-bond donors (Lipinski definition) is 0. The van der Waals surface area contributed by atoms with Crippen LogP contribution in [0, 0.1) is 0 Å². The van der Waals surface area contributed by atoms with Crippen molar-refractivity contribution in [3.05, 3.63) is 101 Å². The number of esters is 1. The Balaban J connectivity index is 1.86. The van der Waals surface area contributed by atoms with E-state index in [1.54, 1.807) is 7.11 Å². The lowest BCUT2D eigenvalue weighted by Gasteiger charge is -2.27. The fourth-order valence-corrected chi connectivity index (χ4v) is 4.05. The van der Waals surface area contributed by atoms with Gasteiger partial charge in [0.1, 0.15) is 5.75 Å². The van der Waals surface area contributed by atoms with Crippen LogP contribution in [0.1, 0.15) is 36.1 Å². The highest BCUT2D eigenvalue weighted by atomic mass is 16.5. The van der Waals surface area contributed by atoms with E-state index in [-0.39, 0.29) is 5.97 Å². The topological polar surface area (TPSA) is 38.8 Å². The lowest BCUT2D eigenvalue weighted by Crippen LogP contribution is -2.32. The van der Waals surface area contributed by atoms with Crippen LogP contribution >= 0.6 is 0 Å². The first kappa shape index (κ1) is 23.6. The lowest BCUT2D eigenvalue weighted by atomic mass is 9.81. The summed E-state index contributed by atoms with van der Waals surface area (Å²) < 4.78 is 10.6. The van der Waals surface area contributed by atoms with E-state index >= 15 is 0 Å². The summed E-state index contributed by atoms with van der Waals surface area (Å²) in [6, 6.07) is 27.0. The molecule has 0 bridgehead atoms. The molecule has 0 atom stereocenters. The standard InChI is InChI=1S/C28H33NO3/c1-28(2,27(30)32-4)26-16-15-25(31-3)19-24(26)17-18-29(20-22-11-7-5-8-12-22)21-23-13-9-6-10-14-23/h5-16,19H,17-18,20-21H2,1-4H3. The number of benzene rings is 3. The highest BCUT2D eigenvalue weighted by Gasteiger charge is 2.33. The average molecular weight is 432 g/mol. The first-order valence-electron chi connectivity index (χ1n) is 11.0. The predicted octanol–water partition coefficient (Wildman–Crippen LogP) is 5.39. The maximum atomic E-state index is 12.5. The maximum Gasteiger partial charge on any atom is 0.315 e. The number of methoxy groups -OCH3 is 2. The third kappa shape index (κ3) is 5.98. The Hall–Kier alpha value is -3.11. The molecule has 3 aromatic rings. The van der Waals surface area contributed by atoms with Gasteiger partial charge in [-0.3, -0.25) is 9.69 Å². The summed E-state index contributed by atoms with van der Waals surface area (Å²) in [5.74, 6) is 0.552. The molecule has 0 amide bonds. The Morgan fingerprint density at radius 3 is 1.91 bits per heavy atom. The zero-order chi connectivity index (χ0) is 23.0. The van der Waals surface area contributed by atoms with E-state index in [0.717, 1.165) is 42.9 Å². The Kier molecular flexibility index (Phi) is 8.07. The fraction of sp³-hybridized carbons (Fsp3) is 0.321. The Labute approximate surface area is 191 Å². The molecule has 168 valence electrons. The van der Waals surface area contributed by atoms with E-state index in [2.05, 4.69) is 53.4 Å². The van der Waals surface area contributed by atoms with Gasteiger partial charge < -0.3 is 9.47 Å². The molecule has 4 heteroatoms. The quantitative estimate of drug-likeness (QED) is 0.404. The molecular weight excluding hydrogens is 398 g/mol. The molecule has 0 fully saturated rings. The number of hydrogen-bond acceptors (Lipinski definition) is 4. The highest BCUT2D eigenvalue weighted by Crippen LogP contribution is 2.31. The molecule has 0 unspecified atom stereocenters. The van der Waals surface area contributed by atoms with Crippen molar-refractivity contribution in [3.63, 3.8) is 0 Å². The first-order chi connectivity index (χ1) is 15.4.